The summed E-state index contributed by atoms with van der Waals surface area (Å²) >= 11 is 0. The maximum absolute atomic E-state index is 12.0. The number of carbonyl (C=O) groups is 1. The van der Waals surface area contributed by atoms with Crippen molar-refractivity contribution in [2.24, 2.45) is 5.73 Å². The first-order valence-corrected chi connectivity index (χ1v) is 5.62. The molecule has 0 amide bonds. The van der Waals surface area contributed by atoms with Gasteiger partial charge in [-0.2, -0.15) is 0 Å². The van der Waals surface area contributed by atoms with Gasteiger partial charge in [-0.25, -0.2) is 0 Å². The molecule has 0 heterocycles. The Balaban J connectivity index is 2.36. The molecule has 2 aromatic rings. The molecule has 17 heavy (non-hydrogen) atoms. The second kappa shape index (κ2) is 4.93. The van der Waals surface area contributed by atoms with E-state index in [0.717, 1.165) is 10.8 Å². The summed E-state index contributed by atoms with van der Waals surface area (Å²) in [5.41, 5.74) is 6.45. The van der Waals surface area contributed by atoms with Crippen LogP contribution in [-0.2, 0) is 0 Å². The van der Waals surface area contributed by atoms with E-state index >= 15 is 0 Å². The summed E-state index contributed by atoms with van der Waals surface area (Å²) in [6.07, 6.45) is 2.18. The maximum atomic E-state index is 12.0. The van der Waals surface area contributed by atoms with Crippen molar-refractivity contribution < 1.29 is 4.79 Å². The fraction of sp³-hybridized carbons (Fsp3) is 0.133. The Morgan fingerprint density at radius 1 is 1.24 bits per heavy atom. The van der Waals surface area contributed by atoms with Crippen molar-refractivity contribution in [3.8, 4) is 0 Å². The van der Waals surface area contributed by atoms with Gasteiger partial charge in [0.25, 0.3) is 0 Å². The number of hydrogen-bond donors (Lipinski definition) is 1. The lowest BCUT2D eigenvalue weighted by atomic mass is 9.99. The fourth-order valence-electron chi connectivity index (χ4n) is 1.84. The molecule has 2 heteroatoms. The van der Waals surface area contributed by atoms with Crippen LogP contribution in [0.25, 0.3) is 10.8 Å². The van der Waals surface area contributed by atoms with Crippen LogP contribution in [0.3, 0.4) is 0 Å². The Hall–Kier alpha value is -1.93. The van der Waals surface area contributed by atoms with E-state index in [9.17, 15) is 4.79 Å². The molecule has 2 nitrogen and oxygen atoms in total. The summed E-state index contributed by atoms with van der Waals surface area (Å²) in [5.74, 6) is -0.0318. The number of ketones is 1. The molecular weight excluding hydrogens is 210 g/mol. The van der Waals surface area contributed by atoms with Gasteiger partial charge in [-0.1, -0.05) is 42.5 Å². The highest BCUT2D eigenvalue weighted by Crippen LogP contribution is 2.16. The summed E-state index contributed by atoms with van der Waals surface area (Å²) in [6, 6.07) is 13.1. The lowest BCUT2D eigenvalue weighted by Gasteiger charge is -2.08. The van der Waals surface area contributed by atoms with Crippen LogP contribution in [0.15, 0.2) is 55.1 Å². The van der Waals surface area contributed by atoms with Gasteiger partial charge in [0.05, 0.1) is 6.04 Å². The van der Waals surface area contributed by atoms with Crippen LogP contribution in [0, 0.1) is 0 Å². The Labute approximate surface area is 101 Å². The first-order chi connectivity index (χ1) is 8.22. The largest absolute Gasteiger partial charge is 0.321 e. The predicted molar refractivity (Wildman–Crippen MR) is 71.1 cm³/mol. The second-order valence-electron chi connectivity index (χ2n) is 4.06. The highest BCUT2D eigenvalue weighted by molar-refractivity contribution is 6.03. The number of nitrogens with two attached hydrogens (primary N) is 1. The van der Waals surface area contributed by atoms with Crippen molar-refractivity contribution in [3.63, 3.8) is 0 Å². The minimum Gasteiger partial charge on any atom is -0.321 e. The molecule has 0 radical (unpaired) electrons. The first-order valence-electron chi connectivity index (χ1n) is 5.62. The van der Waals surface area contributed by atoms with Gasteiger partial charge in [-0.3, -0.25) is 4.79 Å². The summed E-state index contributed by atoms with van der Waals surface area (Å²) in [4.78, 5) is 12.0. The highest BCUT2D eigenvalue weighted by Gasteiger charge is 2.14. The molecule has 86 valence electrons. The van der Waals surface area contributed by atoms with Gasteiger partial charge in [0.15, 0.2) is 5.78 Å². The zero-order valence-corrected chi connectivity index (χ0v) is 9.60. The third kappa shape index (κ3) is 2.43. The van der Waals surface area contributed by atoms with Gasteiger partial charge in [0, 0.05) is 5.56 Å². The molecule has 0 aliphatic rings. The van der Waals surface area contributed by atoms with Gasteiger partial charge >= 0.3 is 0 Å². The molecule has 0 fully saturated rings. The molecule has 2 rings (SSSR count). The quantitative estimate of drug-likeness (QED) is 0.642. The SMILES string of the molecule is C=CCC(N)C(=O)c1ccc2ccccc2c1. The van der Waals surface area contributed by atoms with E-state index < -0.39 is 6.04 Å². The summed E-state index contributed by atoms with van der Waals surface area (Å²) in [5, 5.41) is 2.19. The van der Waals surface area contributed by atoms with Crippen LogP contribution < -0.4 is 5.73 Å². The third-order valence-electron chi connectivity index (χ3n) is 2.79. The van der Waals surface area contributed by atoms with Gasteiger partial charge in [0.1, 0.15) is 0 Å². The van der Waals surface area contributed by atoms with Crippen LogP contribution >= 0.6 is 0 Å². The number of fused-ring (bicyclic) bond motifs is 1. The van der Waals surface area contributed by atoms with Gasteiger partial charge < -0.3 is 5.73 Å². The van der Waals surface area contributed by atoms with Crippen molar-refractivity contribution in [2.45, 2.75) is 12.5 Å². The standard InChI is InChI=1S/C15H15NO/c1-2-5-14(16)15(17)13-9-8-11-6-3-4-7-12(11)10-13/h2-4,6-10,14H,1,5,16H2. The molecule has 2 N–H and O–H groups in total. The molecule has 0 saturated carbocycles. The van der Waals surface area contributed by atoms with E-state index in [1.807, 2.05) is 42.5 Å². The topological polar surface area (TPSA) is 43.1 Å². The molecule has 0 spiro atoms. The van der Waals surface area contributed by atoms with Crippen LogP contribution in [0.1, 0.15) is 16.8 Å². The second-order valence-corrected chi connectivity index (χ2v) is 4.06. The fourth-order valence-corrected chi connectivity index (χ4v) is 1.84. The smallest absolute Gasteiger partial charge is 0.179 e. The number of rotatable bonds is 4. The van der Waals surface area contributed by atoms with Crippen LogP contribution in [0.4, 0.5) is 0 Å². The van der Waals surface area contributed by atoms with E-state index in [1.54, 1.807) is 6.08 Å². The number of carbonyl (C=O) groups excluding carboxylic acids is 1. The Bertz CT molecular complexity index is 560. The molecule has 0 aromatic heterocycles. The molecule has 0 saturated heterocycles. The van der Waals surface area contributed by atoms with E-state index in [2.05, 4.69) is 6.58 Å². The van der Waals surface area contributed by atoms with Gasteiger partial charge in [0.2, 0.25) is 0 Å². The van der Waals surface area contributed by atoms with Crippen LogP contribution in [-0.4, -0.2) is 11.8 Å². The minimum atomic E-state index is -0.492. The van der Waals surface area contributed by atoms with Gasteiger partial charge in [-0.05, 0) is 23.3 Å². The Kier molecular flexibility index (Phi) is 3.35. The Morgan fingerprint density at radius 2 is 1.94 bits per heavy atom. The normalized spacial score (nSPS) is 12.3. The average Bonchev–Trinajstić information content (AvgIpc) is 2.37. The summed E-state index contributed by atoms with van der Waals surface area (Å²) < 4.78 is 0. The number of Topliss-reactive ketones (excluding diaryl/α,β-unsaturated/α-hetero) is 1. The van der Waals surface area contributed by atoms with E-state index in [4.69, 9.17) is 5.73 Å². The predicted octanol–water partition coefficient (Wildman–Crippen LogP) is 2.93. The summed E-state index contributed by atoms with van der Waals surface area (Å²) in [6.45, 7) is 3.59. The maximum Gasteiger partial charge on any atom is 0.179 e. The average molecular weight is 225 g/mol. The molecule has 2 aromatic carbocycles. The van der Waals surface area contributed by atoms with E-state index in [0.29, 0.717) is 12.0 Å². The van der Waals surface area contributed by atoms with Crippen LogP contribution in [0.2, 0.25) is 0 Å². The monoisotopic (exact) mass is 225 g/mol. The molecule has 1 atom stereocenters. The van der Waals surface area contributed by atoms with Gasteiger partial charge in [-0.15, -0.1) is 6.58 Å². The third-order valence-corrected chi connectivity index (χ3v) is 2.79. The van der Waals surface area contributed by atoms with E-state index in [-0.39, 0.29) is 5.78 Å². The molecule has 0 bridgehead atoms. The first kappa shape index (κ1) is 11.6. The van der Waals surface area contributed by atoms with Crippen molar-refractivity contribution in [2.75, 3.05) is 0 Å². The zero-order chi connectivity index (χ0) is 12.3. The summed E-state index contributed by atoms with van der Waals surface area (Å²) in [7, 11) is 0. The zero-order valence-electron chi connectivity index (χ0n) is 9.60. The van der Waals surface area contributed by atoms with Crippen molar-refractivity contribution >= 4 is 16.6 Å². The minimum absolute atomic E-state index is 0.0318. The molecule has 1 unspecified atom stereocenters. The molecular formula is C15H15NO. The lowest BCUT2D eigenvalue weighted by molar-refractivity contribution is 0.0962. The van der Waals surface area contributed by atoms with Crippen molar-refractivity contribution in [1.29, 1.82) is 0 Å². The van der Waals surface area contributed by atoms with Crippen molar-refractivity contribution in [1.82, 2.24) is 0 Å². The Morgan fingerprint density at radius 3 is 2.65 bits per heavy atom. The number of hydrogen-bond acceptors (Lipinski definition) is 2. The highest BCUT2D eigenvalue weighted by atomic mass is 16.1. The van der Waals surface area contributed by atoms with E-state index in [1.165, 1.54) is 0 Å². The number of benzene rings is 2. The molecule has 0 aliphatic heterocycles. The lowest BCUT2D eigenvalue weighted by Crippen LogP contribution is -2.29. The van der Waals surface area contributed by atoms with Crippen LogP contribution in [0.5, 0.6) is 0 Å². The van der Waals surface area contributed by atoms with Crippen molar-refractivity contribution in [3.05, 3.63) is 60.7 Å². The molecule has 0 aliphatic carbocycles.